The van der Waals surface area contributed by atoms with E-state index in [4.69, 9.17) is 5.11 Å². The predicted molar refractivity (Wildman–Crippen MR) is 62.5 cm³/mol. The van der Waals surface area contributed by atoms with Gasteiger partial charge in [0.05, 0.1) is 0 Å². The maximum atomic E-state index is 8.63. The molecule has 1 aromatic carbocycles. The molecule has 0 heterocycles. The molecule has 80 valence electrons. The van der Waals surface area contributed by atoms with Gasteiger partial charge in [0, 0.05) is 0 Å². The molecule has 1 N–H and O–H groups in total. The van der Waals surface area contributed by atoms with Gasteiger partial charge in [-0.3, -0.25) is 0 Å². The van der Waals surface area contributed by atoms with Crippen LogP contribution in [0.5, 0.6) is 5.75 Å². The lowest BCUT2D eigenvalue weighted by atomic mass is 10.2. The number of para-hydroxylation sites is 1. The van der Waals surface area contributed by atoms with Gasteiger partial charge in [0.15, 0.2) is 0 Å². The number of hydrogen-bond donors (Lipinski definition) is 1. The lowest BCUT2D eigenvalue weighted by Gasteiger charge is -1.90. The van der Waals surface area contributed by atoms with Gasteiger partial charge in [-0.2, -0.15) is 0 Å². The molecule has 0 bridgehead atoms. The van der Waals surface area contributed by atoms with Gasteiger partial charge in [-0.25, -0.2) is 0 Å². The van der Waals surface area contributed by atoms with E-state index in [0.717, 1.165) is 0 Å². The molecule has 1 aromatic rings. The van der Waals surface area contributed by atoms with Crippen LogP contribution in [0.25, 0.3) is 0 Å². The quantitative estimate of drug-likeness (QED) is 0.706. The molecule has 14 heavy (non-hydrogen) atoms. The molecular weight excluding hydrogens is 172 g/mol. The fraction of sp³-hybridized carbons (Fsp3) is 0.538. The summed E-state index contributed by atoms with van der Waals surface area (Å²) in [6, 6.07) is 8.71. The van der Waals surface area contributed by atoms with Gasteiger partial charge in [-0.05, 0) is 12.1 Å². The molecule has 0 radical (unpaired) electrons. The Bertz CT molecular complexity index is 190. The summed E-state index contributed by atoms with van der Waals surface area (Å²) >= 11 is 0. The Kier molecular flexibility index (Phi) is 9.40. The van der Waals surface area contributed by atoms with Gasteiger partial charge < -0.3 is 5.11 Å². The zero-order valence-corrected chi connectivity index (χ0v) is 9.37. The maximum Gasteiger partial charge on any atom is 0.115 e. The Balaban J connectivity index is 0.000000241. The van der Waals surface area contributed by atoms with E-state index in [1.54, 1.807) is 24.3 Å². The lowest BCUT2D eigenvalue weighted by Crippen LogP contribution is -1.70. The van der Waals surface area contributed by atoms with Crippen LogP contribution in [-0.4, -0.2) is 5.11 Å². The van der Waals surface area contributed by atoms with Crippen LogP contribution in [0.2, 0.25) is 0 Å². The third-order valence-electron chi connectivity index (χ3n) is 1.96. The van der Waals surface area contributed by atoms with Crippen molar-refractivity contribution in [2.75, 3.05) is 0 Å². The summed E-state index contributed by atoms with van der Waals surface area (Å²) in [6.45, 7) is 4.49. The average Bonchev–Trinajstić information content (AvgIpc) is 2.21. The molecule has 0 atom stereocenters. The Morgan fingerprint density at radius 2 is 1.36 bits per heavy atom. The molecule has 0 amide bonds. The van der Waals surface area contributed by atoms with E-state index in [-0.39, 0.29) is 0 Å². The Morgan fingerprint density at radius 1 is 0.857 bits per heavy atom. The van der Waals surface area contributed by atoms with Gasteiger partial charge in [-0.15, -0.1) is 0 Å². The van der Waals surface area contributed by atoms with Crippen molar-refractivity contribution in [2.24, 2.45) is 0 Å². The highest BCUT2D eigenvalue weighted by atomic mass is 16.3. The van der Waals surface area contributed by atoms with Crippen molar-refractivity contribution in [3.8, 4) is 5.75 Å². The van der Waals surface area contributed by atoms with Crippen LogP contribution in [0.3, 0.4) is 0 Å². The SMILES string of the molecule is CCCCCCC.Oc1ccccc1. The Labute approximate surface area is 87.8 Å². The molecule has 0 aliphatic rings. The van der Waals surface area contributed by atoms with E-state index >= 15 is 0 Å². The molecule has 1 nitrogen and oxygen atoms in total. The van der Waals surface area contributed by atoms with Gasteiger partial charge in [-0.1, -0.05) is 64.2 Å². The van der Waals surface area contributed by atoms with Crippen LogP contribution >= 0.6 is 0 Å². The maximum absolute atomic E-state index is 8.63. The second-order valence-corrected chi connectivity index (χ2v) is 3.40. The van der Waals surface area contributed by atoms with Crippen molar-refractivity contribution in [1.82, 2.24) is 0 Å². The van der Waals surface area contributed by atoms with Crippen LogP contribution in [0.15, 0.2) is 30.3 Å². The molecular formula is C13H22O. The van der Waals surface area contributed by atoms with Crippen molar-refractivity contribution in [1.29, 1.82) is 0 Å². The first-order valence-corrected chi connectivity index (χ1v) is 5.55. The molecule has 1 rings (SSSR count). The van der Waals surface area contributed by atoms with E-state index < -0.39 is 0 Å². The van der Waals surface area contributed by atoms with Crippen LogP contribution in [-0.2, 0) is 0 Å². The van der Waals surface area contributed by atoms with Gasteiger partial charge >= 0.3 is 0 Å². The van der Waals surface area contributed by atoms with Gasteiger partial charge in [0.2, 0.25) is 0 Å². The third kappa shape index (κ3) is 9.11. The molecule has 0 aromatic heterocycles. The smallest absolute Gasteiger partial charge is 0.115 e. The Hall–Kier alpha value is -0.980. The minimum absolute atomic E-state index is 0.322. The van der Waals surface area contributed by atoms with Crippen molar-refractivity contribution < 1.29 is 5.11 Å². The Morgan fingerprint density at radius 3 is 1.64 bits per heavy atom. The van der Waals surface area contributed by atoms with E-state index in [1.165, 1.54) is 32.1 Å². The van der Waals surface area contributed by atoms with E-state index in [0.29, 0.717) is 5.75 Å². The zero-order valence-electron chi connectivity index (χ0n) is 9.37. The minimum atomic E-state index is 0.322. The predicted octanol–water partition coefficient (Wildman–Crippen LogP) is 4.37. The molecule has 1 heteroatoms. The molecule has 0 aliphatic heterocycles. The standard InChI is InChI=1S/C7H16.C6H6O/c1-3-5-7-6-4-2;7-6-4-2-1-3-5-6/h3-7H2,1-2H3;1-5,7H. The average molecular weight is 194 g/mol. The number of phenols is 1. The fourth-order valence-corrected chi connectivity index (χ4v) is 1.10. The van der Waals surface area contributed by atoms with Crippen LogP contribution in [0.1, 0.15) is 46.0 Å². The normalized spacial score (nSPS) is 9.00. The summed E-state index contributed by atoms with van der Waals surface area (Å²) in [5.74, 6) is 0.322. The number of unbranched alkanes of at least 4 members (excludes halogenated alkanes) is 4. The minimum Gasteiger partial charge on any atom is -0.508 e. The monoisotopic (exact) mass is 194 g/mol. The summed E-state index contributed by atoms with van der Waals surface area (Å²) in [6.07, 6.45) is 7.01. The fourth-order valence-electron chi connectivity index (χ4n) is 1.10. The van der Waals surface area contributed by atoms with Crippen molar-refractivity contribution >= 4 is 0 Å². The molecule has 0 aliphatic carbocycles. The molecule has 0 saturated carbocycles. The number of benzene rings is 1. The van der Waals surface area contributed by atoms with Crippen molar-refractivity contribution in [2.45, 2.75) is 46.0 Å². The van der Waals surface area contributed by atoms with E-state index in [1.807, 2.05) is 6.07 Å². The largest absolute Gasteiger partial charge is 0.508 e. The first-order valence-electron chi connectivity index (χ1n) is 5.55. The zero-order chi connectivity index (χ0) is 10.6. The topological polar surface area (TPSA) is 20.2 Å². The second kappa shape index (κ2) is 10.1. The molecule has 0 fully saturated rings. The van der Waals surface area contributed by atoms with Crippen LogP contribution < -0.4 is 0 Å². The van der Waals surface area contributed by atoms with Gasteiger partial charge in [0.1, 0.15) is 5.75 Å². The van der Waals surface area contributed by atoms with E-state index in [2.05, 4.69) is 13.8 Å². The summed E-state index contributed by atoms with van der Waals surface area (Å²) in [5, 5.41) is 8.63. The highest BCUT2D eigenvalue weighted by molar-refractivity contribution is 5.18. The number of phenolic OH excluding ortho intramolecular Hbond substituents is 1. The molecule has 0 spiro atoms. The number of rotatable bonds is 4. The van der Waals surface area contributed by atoms with Crippen LogP contribution in [0, 0.1) is 0 Å². The first-order chi connectivity index (χ1) is 6.81. The highest BCUT2D eigenvalue weighted by Gasteiger charge is 1.80. The van der Waals surface area contributed by atoms with Crippen molar-refractivity contribution in [3.63, 3.8) is 0 Å². The summed E-state index contributed by atoms with van der Waals surface area (Å²) in [7, 11) is 0. The van der Waals surface area contributed by atoms with Crippen molar-refractivity contribution in [3.05, 3.63) is 30.3 Å². The molecule has 0 unspecified atom stereocenters. The third-order valence-corrected chi connectivity index (χ3v) is 1.96. The highest BCUT2D eigenvalue weighted by Crippen LogP contribution is 2.02. The second-order valence-electron chi connectivity index (χ2n) is 3.40. The molecule has 0 saturated heterocycles. The van der Waals surface area contributed by atoms with Gasteiger partial charge in [0.25, 0.3) is 0 Å². The van der Waals surface area contributed by atoms with Crippen LogP contribution in [0.4, 0.5) is 0 Å². The number of hydrogen-bond acceptors (Lipinski definition) is 1. The lowest BCUT2D eigenvalue weighted by molar-refractivity contribution is 0.475. The first kappa shape index (κ1) is 13.0. The van der Waals surface area contributed by atoms with E-state index in [9.17, 15) is 0 Å². The number of aromatic hydroxyl groups is 1. The summed E-state index contributed by atoms with van der Waals surface area (Å²) < 4.78 is 0. The summed E-state index contributed by atoms with van der Waals surface area (Å²) in [4.78, 5) is 0. The summed E-state index contributed by atoms with van der Waals surface area (Å²) in [5.41, 5.74) is 0.